The Morgan fingerprint density at radius 1 is 0.960 bits per heavy atom. The van der Waals surface area contributed by atoms with Crippen LogP contribution in [0.25, 0.3) is 0 Å². The van der Waals surface area contributed by atoms with Crippen molar-refractivity contribution < 1.29 is 9.53 Å². The largest absolute Gasteiger partial charge is 0.496 e. The summed E-state index contributed by atoms with van der Waals surface area (Å²) in [6, 6.07) is 10.1. The highest BCUT2D eigenvalue weighted by Gasteiger charge is 2.18. The van der Waals surface area contributed by atoms with Gasteiger partial charge in [0, 0.05) is 5.56 Å². The van der Waals surface area contributed by atoms with Crippen molar-refractivity contribution in [2.24, 2.45) is 0 Å². The fraction of sp³-hybridized carbons (Fsp3) is 0.409. The first-order valence-corrected chi connectivity index (χ1v) is 8.81. The van der Waals surface area contributed by atoms with Crippen molar-refractivity contribution in [2.75, 3.05) is 7.11 Å². The molecule has 0 heterocycles. The van der Waals surface area contributed by atoms with Crippen LogP contribution in [-0.2, 0) is 0 Å². The predicted molar refractivity (Wildman–Crippen MR) is 104 cm³/mol. The zero-order valence-corrected chi connectivity index (χ0v) is 16.4. The SMILES string of the molecule is COc1cc(C)c(C(C)NC(=O)c2ccc(C)cc2C)cc1C(C)C. The summed E-state index contributed by atoms with van der Waals surface area (Å²) in [4.78, 5) is 12.7. The van der Waals surface area contributed by atoms with Gasteiger partial charge in [-0.15, -0.1) is 0 Å². The Labute approximate surface area is 151 Å². The fourth-order valence-electron chi connectivity index (χ4n) is 3.23. The fourth-order valence-corrected chi connectivity index (χ4v) is 3.23. The molecule has 3 heteroatoms. The third-order valence-electron chi connectivity index (χ3n) is 4.68. The van der Waals surface area contributed by atoms with E-state index in [1.165, 1.54) is 0 Å². The highest BCUT2D eigenvalue weighted by Crippen LogP contribution is 2.32. The second-order valence-electron chi connectivity index (χ2n) is 7.12. The number of ether oxygens (including phenoxy) is 1. The zero-order valence-electron chi connectivity index (χ0n) is 16.4. The minimum atomic E-state index is -0.0726. The van der Waals surface area contributed by atoms with E-state index < -0.39 is 0 Å². The van der Waals surface area contributed by atoms with Gasteiger partial charge >= 0.3 is 0 Å². The lowest BCUT2D eigenvalue weighted by Crippen LogP contribution is -2.28. The Morgan fingerprint density at radius 2 is 1.64 bits per heavy atom. The summed E-state index contributed by atoms with van der Waals surface area (Å²) < 4.78 is 5.51. The number of amides is 1. The van der Waals surface area contributed by atoms with Crippen LogP contribution in [-0.4, -0.2) is 13.0 Å². The molecular formula is C22H29NO2. The van der Waals surface area contributed by atoms with Crippen molar-refractivity contribution in [1.82, 2.24) is 5.32 Å². The summed E-state index contributed by atoms with van der Waals surface area (Å²) in [5.41, 5.74) is 6.30. The molecule has 0 fully saturated rings. The highest BCUT2D eigenvalue weighted by molar-refractivity contribution is 5.95. The Bertz CT molecular complexity index is 778. The van der Waals surface area contributed by atoms with Crippen LogP contribution in [0, 0.1) is 20.8 Å². The molecule has 0 aliphatic carbocycles. The van der Waals surface area contributed by atoms with Crippen molar-refractivity contribution in [3.8, 4) is 5.75 Å². The molecule has 1 amide bonds. The monoisotopic (exact) mass is 339 g/mol. The average Bonchev–Trinajstić information content (AvgIpc) is 2.53. The lowest BCUT2D eigenvalue weighted by Gasteiger charge is -2.21. The normalized spacial score (nSPS) is 12.2. The maximum Gasteiger partial charge on any atom is 0.252 e. The molecule has 2 aromatic rings. The lowest BCUT2D eigenvalue weighted by atomic mass is 9.93. The molecule has 1 N–H and O–H groups in total. The smallest absolute Gasteiger partial charge is 0.252 e. The topological polar surface area (TPSA) is 38.3 Å². The summed E-state index contributed by atoms with van der Waals surface area (Å²) in [7, 11) is 1.70. The molecular weight excluding hydrogens is 310 g/mol. The van der Waals surface area contributed by atoms with Crippen molar-refractivity contribution in [3.05, 3.63) is 63.7 Å². The molecule has 0 aliphatic heterocycles. The van der Waals surface area contributed by atoms with Crippen LogP contribution < -0.4 is 10.1 Å². The summed E-state index contributed by atoms with van der Waals surface area (Å²) in [5.74, 6) is 1.23. The number of nitrogens with one attached hydrogen (secondary N) is 1. The van der Waals surface area contributed by atoms with Crippen LogP contribution in [0.4, 0.5) is 0 Å². The lowest BCUT2D eigenvalue weighted by molar-refractivity contribution is 0.0939. The first-order valence-electron chi connectivity index (χ1n) is 8.81. The van der Waals surface area contributed by atoms with Crippen molar-refractivity contribution in [3.63, 3.8) is 0 Å². The number of rotatable bonds is 5. The van der Waals surface area contributed by atoms with Gasteiger partial charge in [0.1, 0.15) is 5.75 Å². The van der Waals surface area contributed by atoms with E-state index in [0.717, 1.165) is 39.1 Å². The van der Waals surface area contributed by atoms with Crippen LogP contribution in [0.3, 0.4) is 0 Å². The maximum absolute atomic E-state index is 12.7. The predicted octanol–water partition coefficient (Wildman–Crippen LogP) is 5.23. The van der Waals surface area contributed by atoms with E-state index in [4.69, 9.17) is 4.74 Å². The Morgan fingerprint density at radius 3 is 2.20 bits per heavy atom. The summed E-state index contributed by atoms with van der Waals surface area (Å²) in [6.45, 7) is 12.4. The number of carbonyl (C=O) groups is 1. The van der Waals surface area contributed by atoms with Gasteiger partial charge < -0.3 is 10.1 Å². The zero-order chi connectivity index (χ0) is 18.7. The van der Waals surface area contributed by atoms with Crippen molar-refractivity contribution in [1.29, 1.82) is 0 Å². The van der Waals surface area contributed by atoms with Crippen molar-refractivity contribution in [2.45, 2.75) is 53.5 Å². The highest BCUT2D eigenvalue weighted by atomic mass is 16.5. The number of carbonyl (C=O) groups excluding carboxylic acids is 1. The molecule has 0 bridgehead atoms. The molecule has 0 saturated carbocycles. The van der Waals surface area contributed by atoms with Crippen molar-refractivity contribution >= 4 is 5.91 Å². The van der Waals surface area contributed by atoms with Crippen LogP contribution in [0.5, 0.6) is 5.75 Å². The Kier molecular flexibility index (Phi) is 5.89. The molecule has 134 valence electrons. The number of hydrogen-bond donors (Lipinski definition) is 1. The van der Waals surface area contributed by atoms with E-state index in [-0.39, 0.29) is 11.9 Å². The number of methoxy groups -OCH3 is 1. The van der Waals surface area contributed by atoms with Gasteiger partial charge in [-0.05, 0) is 74.1 Å². The first-order chi connectivity index (χ1) is 11.7. The molecule has 0 radical (unpaired) electrons. The van der Waals surface area contributed by atoms with Gasteiger partial charge in [-0.3, -0.25) is 4.79 Å². The third-order valence-corrected chi connectivity index (χ3v) is 4.68. The van der Waals surface area contributed by atoms with Crippen LogP contribution >= 0.6 is 0 Å². The molecule has 2 rings (SSSR count). The second-order valence-corrected chi connectivity index (χ2v) is 7.12. The molecule has 1 atom stereocenters. The van der Waals surface area contributed by atoms with E-state index in [1.54, 1.807) is 7.11 Å². The number of hydrogen-bond acceptors (Lipinski definition) is 2. The van der Waals surface area contributed by atoms with E-state index in [2.05, 4.69) is 38.2 Å². The van der Waals surface area contributed by atoms with Gasteiger partial charge in [0.05, 0.1) is 13.2 Å². The van der Waals surface area contributed by atoms with E-state index in [9.17, 15) is 4.79 Å². The molecule has 0 aliphatic rings. The Balaban J connectivity index is 2.29. The van der Waals surface area contributed by atoms with E-state index in [1.807, 2.05) is 39.0 Å². The average molecular weight is 339 g/mol. The van der Waals surface area contributed by atoms with Gasteiger partial charge in [-0.2, -0.15) is 0 Å². The van der Waals surface area contributed by atoms with Gasteiger partial charge in [-0.1, -0.05) is 31.5 Å². The molecule has 3 nitrogen and oxygen atoms in total. The van der Waals surface area contributed by atoms with Crippen LogP contribution in [0.2, 0.25) is 0 Å². The summed E-state index contributed by atoms with van der Waals surface area (Å²) in [5, 5.41) is 3.14. The summed E-state index contributed by atoms with van der Waals surface area (Å²) >= 11 is 0. The molecule has 1 unspecified atom stereocenters. The van der Waals surface area contributed by atoms with E-state index >= 15 is 0 Å². The first kappa shape index (κ1) is 19.0. The Hall–Kier alpha value is -2.29. The molecule has 0 aromatic heterocycles. The molecule has 2 aromatic carbocycles. The van der Waals surface area contributed by atoms with Gasteiger partial charge in [0.2, 0.25) is 0 Å². The van der Waals surface area contributed by atoms with Crippen LogP contribution in [0.1, 0.15) is 70.9 Å². The standard InChI is InChI=1S/C22H29NO2/c1-13(2)19-12-20(16(5)11-21(19)25-7)17(6)23-22(24)18-9-8-14(3)10-15(18)4/h8-13,17H,1-7H3,(H,23,24). The second kappa shape index (κ2) is 7.73. The number of benzene rings is 2. The molecule has 0 spiro atoms. The minimum Gasteiger partial charge on any atom is -0.496 e. The molecule has 25 heavy (non-hydrogen) atoms. The quantitative estimate of drug-likeness (QED) is 0.809. The minimum absolute atomic E-state index is 0.0358. The maximum atomic E-state index is 12.7. The van der Waals surface area contributed by atoms with E-state index in [0.29, 0.717) is 5.92 Å². The van der Waals surface area contributed by atoms with Crippen LogP contribution in [0.15, 0.2) is 30.3 Å². The van der Waals surface area contributed by atoms with Gasteiger partial charge in [-0.25, -0.2) is 0 Å². The van der Waals surface area contributed by atoms with Gasteiger partial charge in [0.15, 0.2) is 0 Å². The third kappa shape index (κ3) is 4.22. The summed E-state index contributed by atoms with van der Waals surface area (Å²) in [6.07, 6.45) is 0. The molecule has 0 saturated heterocycles. The number of aryl methyl sites for hydroxylation is 3. The van der Waals surface area contributed by atoms with Gasteiger partial charge in [0.25, 0.3) is 5.91 Å².